The van der Waals surface area contributed by atoms with Gasteiger partial charge in [0.25, 0.3) is 0 Å². The summed E-state index contributed by atoms with van der Waals surface area (Å²) in [6.07, 6.45) is -2.99. The number of anilines is 1. The van der Waals surface area contributed by atoms with E-state index in [-0.39, 0.29) is 11.3 Å². The Balaban J connectivity index is 1.79. The van der Waals surface area contributed by atoms with Gasteiger partial charge in [0.1, 0.15) is 5.82 Å². The van der Waals surface area contributed by atoms with E-state index in [1.54, 1.807) is 18.3 Å². The second-order valence-electron chi connectivity index (χ2n) is 6.91. The van der Waals surface area contributed by atoms with Crippen molar-refractivity contribution < 1.29 is 13.2 Å². The molecule has 2 N–H and O–H groups in total. The highest BCUT2D eigenvalue weighted by atomic mass is 19.4. The van der Waals surface area contributed by atoms with Gasteiger partial charge in [-0.15, -0.1) is 0 Å². The Morgan fingerprint density at radius 3 is 2.78 bits per heavy atom. The average molecular weight is 373 g/mol. The largest absolute Gasteiger partial charge is 0.418 e. The fraction of sp³-hybridized carbons (Fsp3) is 0.368. The van der Waals surface area contributed by atoms with Gasteiger partial charge in [-0.25, -0.2) is 9.97 Å². The van der Waals surface area contributed by atoms with Gasteiger partial charge in [-0.05, 0) is 42.6 Å². The molecule has 0 aromatic carbocycles. The Bertz CT molecular complexity index is 947. The van der Waals surface area contributed by atoms with E-state index < -0.39 is 11.7 Å². The quantitative estimate of drug-likeness (QED) is 0.765. The lowest BCUT2D eigenvalue weighted by Crippen LogP contribution is -2.24. The average Bonchev–Trinajstić information content (AvgIpc) is 3.23. The van der Waals surface area contributed by atoms with E-state index in [0.717, 1.165) is 6.07 Å². The lowest BCUT2D eigenvalue weighted by Gasteiger charge is -2.20. The number of hydrogen-bond acceptors (Lipinski definition) is 5. The molecule has 0 aliphatic carbocycles. The zero-order valence-corrected chi connectivity index (χ0v) is 14.7. The highest BCUT2D eigenvalue weighted by Gasteiger charge is 2.37. The molecular weight excluding hydrogens is 355 g/mol. The third kappa shape index (κ3) is 3.11. The summed E-state index contributed by atoms with van der Waals surface area (Å²) in [7, 11) is 0. The molecule has 2 aliphatic rings. The molecule has 4 rings (SSSR count). The van der Waals surface area contributed by atoms with Crippen molar-refractivity contribution in [1.29, 1.82) is 0 Å². The van der Waals surface area contributed by atoms with Gasteiger partial charge < -0.3 is 10.6 Å². The normalized spacial score (nSPS) is 21.5. The maximum atomic E-state index is 13.6. The fourth-order valence-corrected chi connectivity index (χ4v) is 3.60. The summed E-state index contributed by atoms with van der Waals surface area (Å²) in [5.74, 6) is 4.20. The predicted octanol–water partition coefficient (Wildman–Crippen LogP) is 3.27. The van der Waals surface area contributed by atoms with Crippen LogP contribution in [0.15, 0.2) is 35.5 Å². The standard InChI is InChI=1S/C19H18F3N5/c1-11-9-27(10-12(11)7-23)16-5-4-15(19(20,21)22)17(26-16)14-8-25-18-13(14)3-2-6-24-18/h2-6,11-12H,7,9-10,23H2,1H3. The SMILES string of the molecule is CC1CN(c2ccc(C(F)(F)F)c(C3=C=Nc4ncccc43)n2)CC1CN. The number of pyridine rings is 2. The molecule has 2 aromatic heterocycles. The lowest BCUT2D eigenvalue weighted by molar-refractivity contribution is -0.138. The summed E-state index contributed by atoms with van der Waals surface area (Å²) in [6.45, 7) is 4.03. The third-order valence-electron chi connectivity index (χ3n) is 5.15. The van der Waals surface area contributed by atoms with Crippen LogP contribution >= 0.6 is 0 Å². The summed E-state index contributed by atoms with van der Waals surface area (Å²) < 4.78 is 40.8. The summed E-state index contributed by atoms with van der Waals surface area (Å²) >= 11 is 0. The molecule has 1 fully saturated rings. The van der Waals surface area contributed by atoms with Crippen LogP contribution in [0.1, 0.15) is 23.7 Å². The zero-order valence-electron chi connectivity index (χ0n) is 14.7. The number of hydrogen-bond donors (Lipinski definition) is 1. The van der Waals surface area contributed by atoms with E-state index in [1.807, 2.05) is 4.90 Å². The first kappa shape index (κ1) is 17.7. The number of alkyl halides is 3. The van der Waals surface area contributed by atoms with Gasteiger partial charge in [-0.1, -0.05) is 6.92 Å². The molecule has 5 nitrogen and oxygen atoms in total. The highest BCUT2D eigenvalue weighted by molar-refractivity contribution is 6.05. The van der Waals surface area contributed by atoms with Crippen molar-refractivity contribution in [3.05, 3.63) is 47.3 Å². The molecule has 2 aliphatic heterocycles. The molecule has 0 saturated carbocycles. The number of halogens is 3. The van der Waals surface area contributed by atoms with Gasteiger partial charge in [0.15, 0.2) is 5.82 Å². The highest BCUT2D eigenvalue weighted by Crippen LogP contribution is 2.40. The summed E-state index contributed by atoms with van der Waals surface area (Å²) in [4.78, 5) is 14.5. The van der Waals surface area contributed by atoms with Crippen molar-refractivity contribution in [2.45, 2.75) is 13.1 Å². The van der Waals surface area contributed by atoms with E-state index in [0.29, 0.717) is 48.7 Å². The predicted molar refractivity (Wildman–Crippen MR) is 97.0 cm³/mol. The lowest BCUT2D eigenvalue weighted by atomic mass is 9.99. The molecule has 8 heteroatoms. The summed E-state index contributed by atoms with van der Waals surface area (Å²) in [5, 5.41) is 0. The molecule has 4 heterocycles. The third-order valence-corrected chi connectivity index (χ3v) is 5.15. The Kier molecular flexibility index (Phi) is 4.25. The Morgan fingerprint density at radius 1 is 1.26 bits per heavy atom. The van der Waals surface area contributed by atoms with Crippen LogP contribution in [0, 0.1) is 11.8 Å². The fourth-order valence-electron chi connectivity index (χ4n) is 3.60. The van der Waals surface area contributed by atoms with Crippen molar-refractivity contribution >= 4 is 23.1 Å². The number of nitrogens with two attached hydrogens (primary N) is 1. The van der Waals surface area contributed by atoms with Gasteiger partial charge in [-0.2, -0.15) is 18.2 Å². The van der Waals surface area contributed by atoms with Crippen molar-refractivity contribution in [1.82, 2.24) is 9.97 Å². The minimum atomic E-state index is -4.53. The van der Waals surface area contributed by atoms with Gasteiger partial charge in [-0.3, -0.25) is 0 Å². The first-order valence-electron chi connectivity index (χ1n) is 8.71. The number of rotatable bonds is 3. The molecule has 0 radical (unpaired) electrons. The van der Waals surface area contributed by atoms with Crippen molar-refractivity contribution in [3.8, 4) is 0 Å². The molecule has 0 amide bonds. The number of nitrogens with zero attached hydrogens (tertiary/aromatic N) is 4. The monoisotopic (exact) mass is 373 g/mol. The second-order valence-corrected chi connectivity index (χ2v) is 6.91. The molecule has 27 heavy (non-hydrogen) atoms. The Hall–Kier alpha value is -2.70. The maximum absolute atomic E-state index is 13.6. The van der Waals surface area contributed by atoms with Crippen molar-refractivity contribution in [2.75, 3.05) is 24.5 Å². The van der Waals surface area contributed by atoms with Crippen LogP contribution in [-0.4, -0.2) is 35.5 Å². The van der Waals surface area contributed by atoms with Gasteiger partial charge in [0.05, 0.1) is 16.8 Å². The van der Waals surface area contributed by atoms with Gasteiger partial charge >= 0.3 is 6.18 Å². The minimum Gasteiger partial charge on any atom is -0.356 e. The number of aromatic nitrogens is 2. The van der Waals surface area contributed by atoms with Crippen LogP contribution in [0.2, 0.25) is 0 Å². The van der Waals surface area contributed by atoms with E-state index in [4.69, 9.17) is 5.73 Å². The molecule has 0 spiro atoms. The van der Waals surface area contributed by atoms with Crippen LogP contribution in [0.3, 0.4) is 0 Å². The van der Waals surface area contributed by atoms with E-state index in [2.05, 4.69) is 27.8 Å². The topological polar surface area (TPSA) is 67.4 Å². The number of fused-ring (bicyclic) bond motifs is 1. The van der Waals surface area contributed by atoms with Crippen LogP contribution in [0.4, 0.5) is 24.8 Å². The van der Waals surface area contributed by atoms with Crippen molar-refractivity contribution in [2.24, 2.45) is 22.6 Å². The van der Waals surface area contributed by atoms with Crippen LogP contribution in [-0.2, 0) is 6.18 Å². The minimum absolute atomic E-state index is 0.167. The molecule has 2 atom stereocenters. The summed E-state index contributed by atoms with van der Waals surface area (Å²) in [6, 6.07) is 5.85. The maximum Gasteiger partial charge on any atom is 0.418 e. The zero-order chi connectivity index (χ0) is 19.2. The molecule has 1 saturated heterocycles. The van der Waals surface area contributed by atoms with Crippen LogP contribution < -0.4 is 10.6 Å². The van der Waals surface area contributed by atoms with Crippen molar-refractivity contribution in [3.63, 3.8) is 0 Å². The Labute approximate surface area is 154 Å². The second kappa shape index (κ2) is 6.48. The van der Waals surface area contributed by atoms with E-state index >= 15 is 0 Å². The van der Waals surface area contributed by atoms with Gasteiger partial charge in [0, 0.05) is 30.7 Å². The van der Waals surface area contributed by atoms with Gasteiger partial charge in [0.2, 0.25) is 0 Å². The summed E-state index contributed by atoms with van der Waals surface area (Å²) in [5.41, 5.74) is 5.55. The molecule has 140 valence electrons. The molecule has 2 unspecified atom stereocenters. The molecule has 0 bridgehead atoms. The first-order valence-corrected chi connectivity index (χ1v) is 8.71. The van der Waals surface area contributed by atoms with E-state index in [1.165, 1.54) is 6.07 Å². The molecular formula is C19H18F3N5. The Morgan fingerprint density at radius 2 is 2.07 bits per heavy atom. The molecule has 2 aromatic rings. The first-order chi connectivity index (χ1) is 12.9. The van der Waals surface area contributed by atoms with E-state index in [9.17, 15) is 13.2 Å². The van der Waals surface area contributed by atoms with Crippen LogP contribution in [0.5, 0.6) is 0 Å². The van der Waals surface area contributed by atoms with Crippen LogP contribution in [0.25, 0.3) is 5.57 Å². The number of aliphatic imine (C=N–C) groups is 1. The smallest absolute Gasteiger partial charge is 0.356 e.